The first-order chi connectivity index (χ1) is 22.3. The van der Waals surface area contributed by atoms with Crippen molar-refractivity contribution >= 4 is 54.0 Å². The van der Waals surface area contributed by atoms with Crippen LogP contribution in [-0.4, -0.2) is 15.0 Å². The van der Waals surface area contributed by atoms with E-state index in [0.29, 0.717) is 0 Å². The van der Waals surface area contributed by atoms with Crippen LogP contribution >= 0.6 is 11.6 Å². The van der Waals surface area contributed by atoms with Gasteiger partial charge in [0.1, 0.15) is 0 Å². The molecule has 0 aliphatic rings. The van der Waals surface area contributed by atoms with Gasteiger partial charge in [0.15, 0.2) is 14.7 Å². The Kier molecular flexibility index (Phi) is 10.4. The van der Waals surface area contributed by atoms with Crippen molar-refractivity contribution in [2.75, 3.05) is 0 Å². The molecule has 0 nitrogen and oxygen atoms in total. The third kappa shape index (κ3) is 7.06. The van der Waals surface area contributed by atoms with Crippen LogP contribution in [0, 0.1) is 0 Å². The van der Waals surface area contributed by atoms with Gasteiger partial charge < -0.3 is 0 Å². The summed E-state index contributed by atoms with van der Waals surface area (Å²) in [6.07, 6.45) is 0. The number of hydrogen-bond acceptors (Lipinski definition) is 0. The average molecular weight is 676 g/mol. The van der Waals surface area contributed by atoms with E-state index in [9.17, 15) is 0 Å². The summed E-state index contributed by atoms with van der Waals surface area (Å²) in [4.78, 5) is 3.92. The van der Waals surface area contributed by atoms with Crippen LogP contribution in [0.25, 0.3) is 0 Å². The van der Waals surface area contributed by atoms with Gasteiger partial charge in [-0.2, -0.15) is 0 Å². The van der Waals surface area contributed by atoms with E-state index in [-0.39, 0.29) is 10.9 Å². The molecule has 7 rings (SSSR count). The van der Waals surface area contributed by atoms with Gasteiger partial charge >= 0.3 is 153 Å². The predicted octanol–water partition coefficient (Wildman–Crippen LogP) is 8.50. The van der Waals surface area contributed by atoms with E-state index in [1.807, 2.05) is 12.1 Å². The van der Waals surface area contributed by atoms with Gasteiger partial charge in [-0.1, -0.05) is 48.0 Å². The molecular weight excluding hydrogens is 642 g/mol. The molecule has 0 aliphatic heterocycles. The zero-order valence-corrected chi connectivity index (χ0v) is 29.0. The number of hydrogen-bond donors (Lipinski definition) is 0. The second-order valence-electron chi connectivity index (χ2n) is 10.9. The summed E-state index contributed by atoms with van der Waals surface area (Å²) in [5, 5.41) is 0.776. The van der Waals surface area contributed by atoms with Crippen molar-refractivity contribution in [3.63, 3.8) is 0 Å². The summed E-state index contributed by atoms with van der Waals surface area (Å²) in [7, 11) is -0.0815. The topological polar surface area (TPSA) is 0 Å². The second kappa shape index (κ2) is 15.2. The van der Waals surface area contributed by atoms with Crippen LogP contribution in [0.15, 0.2) is 221 Å². The van der Waals surface area contributed by atoms with Gasteiger partial charge in [0.25, 0.3) is 0 Å². The fraction of sp³-hybridized carbons (Fsp3) is 0. The molecule has 0 aliphatic carbocycles. The van der Waals surface area contributed by atoms with Gasteiger partial charge in [-0.15, -0.1) is 0 Å². The number of benzene rings is 7. The van der Waals surface area contributed by atoms with E-state index in [1.54, 1.807) is 0 Å². The van der Waals surface area contributed by atoms with Crippen LogP contribution in [0.3, 0.4) is 0 Å². The molecule has 3 heteroatoms. The maximum absolute atomic E-state index is 6.01. The summed E-state index contributed by atoms with van der Waals surface area (Å²) < 4.78 is 5.92. The zero-order valence-electron chi connectivity index (χ0n) is 25.0. The van der Waals surface area contributed by atoms with Crippen LogP contribution < -0.4 is 16.5 Å². The van der Waals surface area contributed by atoms with E-state index in [0.717, 1.165) is 5.02 Å². The predicted molar refractivity (Wildman–Crippen MR) is 197 cm³/mol. The summed E-state index contributed by atoms with van der Waals surface area (Å²) in [6, 6.07) is 73.8. The summed E-state index contributed by atoms with van der Waals surface area (Å²) >= 11 is 2.80. The first-order valence-electron chi connectivity index (χ1n) is 15.2. The van der Waals surface area contributed by atoms with Crippen LogP contribution in [-0.2, 0) is 10.9 Å². The first kappa shape index (κ1) is 30.8. The number of halogens is 1. The molecule has 0 heterocycles. The molecule has 0 saturated heterocycles. The normalized spacial score (nSPS) is 11.0. The molecule has 0 unspecified atom stereocenters. The molecule has 0 amide bonds. The van der Waals surface area contributed by atoms with Crippen LogP contribution in [0.2, 0.25) is 5.02 Å². The molecule has 7 aromatic carbocycles. The molecule has 0 aromatic heterocycles. The first-order valence-corrected chi connectivity index (χ1v) is 21.7. The molecule has 0 fully saturated rings. The Morgan fingerprint density at radius 2 is 0.533 bits per heavy atom. The fourth-order valence-electron chi connectivity index (χ4n) is 6.21. The van der Waals surface area contributed by atoms with Crippen molar-refractivity contribution in [2.45, 2.75) is 14.7 Å². The van der Waals surface area contributed by atoms with E-state index < -0.39 is 15.0 Å². The van der Waals surface area contributed by atoms with Gasteiger partial charge in [0.2, 0.25) is 0 Å². The van der Waals surface area contributed by atoms with Gasteiger partial charge in [0, 0.05) is 5.02 Å². The van der Waals surface area contributed by atoms with E-state index in [4.69, 9.17) is 11.6 Å². The minimum absolute atomic E-state index is 0.0815. The van der Waals surface area contributed by atoms with Crippen LogP contribution in [0.4, 0.5) is 0 Å². The average Bonchev–Trinajstić information content (AvgIpc) is 3.13. The van der Waals surface area contributed by atoms with Gasteiger partial charge in [-0.25, -0.2) is 0 Å². The monoisotopic (exact) mass is 674 g/mol. The van der Waals surface area contributed by atoms with Crippen molar-refractivity contribution in [3.8, 4) is 0 Å². The Hall–Kier alpha value is -4.18. The summed E-state index contributed by atoms with van der Waals surface area (Å²) in [5.41, 5.74) is 0. The summed E-state index contributed by atoms with van der Waals surface area (Å²) in [6.45, 7) is 0. The van der Waals surface area contributed by atoms with Crippen molar-refractivity contribution in [1.82, 2.24) is 0 Å². The molecule has 0 saturated carbocycles. The SMILES string of the molecule is Clc1ccc([S+](c2ccccc2)c2ccccc2)cc1.c1cc[c]([Ga-]([c]2ccccc2)([c]2ccccc2)[c]2ccccc2)cc1. The standard InChI is InChI=1S/C18H14ClS.4C6H5.Ga/c19-15-11-13-18(14-12-15)20(16-7-3-1-4-8-16)17-9-5-2-6-10-17;4*1-2-4-6-5-3-1;/h1-14H;4*1-5H;/q+1;;;;;-1. The Labute approximate surface area is 278 Å². The zero-order chi connectivity index (χ0) is 30.7. The van der Waals surface area contributed by atoms with Crippen molar-refractivity contribution in [1.29, 1.82) is 0 Å². The fourth-order valence-corrected chi connectivity index (χ4v) is 20.0. The Morgan fingerprint density at radius 3 is 0.822 bits per heavy atom. The van der Waals surface area contributed by atoms with E-state index >= 15 is 0 Å². The Balaban J connectivity index is 0.000000163. The minimum atomic E-state index is -3.21. The van der Waals surface area contributed by atoms with Crippen LogP contribution in [0.5, 0.6) is 0 Å². The van der Waals surface area contributed by atoms with Gasteiger partial charge in [0.05, 0.1) is 10.9 Å². The molecule has 0 bridgehead atoms. The third-order valence-corrected chi connectivity index (χ3v) is 22.3. The van der Waals surface area contributed by atoms with Crippen molar-refractivity contribution < 1.29 is 0 Å². The van der Waals surface area contributed by atoms with Crippen LogP contribution in [0.1, 0.15) is 0 Å². The third-order valence-electron chi connectivity index (χ3n) is 8.21. The quantitative estimate of drug-likeness (QED) is 0.117. The van der Waals surface area contributed by atoms with Gasteiger partial charge in [-0.3, -0.25) is 0 Å². The molecule has 45 heavy (non-hydrogen) atoms. The maximum atomic E-state index is 6.01. The van der Waals surface area contributed by atoms with Gasteiger partial charge in [-0.05, 0) is 48.5 Å². The molecule has 0 radical (unpaired) electrons. The molecular formula is C42H34ClGaS. The van der Waals surface area contributed by atoms with Crippen molar-refractivity contribution in [3.05, 3.63) is 211 Å². The summed E-state index contributed by atoms with van der Waals surface area (Å²) in [5.74, 6) is 0. The second-order valence-corrected chi connectivity index (χ2v) is 22.6. The van der Waals surface area contributed by atoms with E-state index in [1.165, 1.54) is 31.2 Å². The molecule has 7 aromatic rings. The van der Waals surface area contributed by atoms with Crippen molar-refractivity contribution in [2.24, 2.45) is 0 Å². The number of rotatable bonds is 7. The Bertz CT molecular complexity index is 1660. The Morgan fingerprint density at radius 1 is 0.289 bits per heavy atom. The van der Waals surface area contributed by atoms with E-state index in [2.05, 4.69) is 194 Å². The molecule has 0 spiro atoms. The molecule has 0 atom stereocenters. The molecule has 0 N–H and O–H groups in total. The molecule has 218 valence electrons.